The van der Waals surface area contributed by atoms with Gasteiger partial charge in [-0.05, 0) is 67.9 Å². The molecule has 1 N–H and O–H groups in total. The third-order valence-electron chi connectivity index (χ3n) is 5.58. The summed E-state index contributed by atoms with van der Waals surface area (Å²) in [5.41, 5.74) is 2.40. The molecule has 0 atom stereocenters. The fourth-order valence-electron chi connectivity index (χ4n) is 3.74. The Kier molecular flexibility index (Phi) is 6.21. The highest BCUT2D eigenvalue weighted by Gasteiger charge is 2.16. The van der Waals surface area contributed by atoms with Gasteiger partial charge in [-0.2, -0.15) is 9.94 Å². The number of aromatic amines is 1. The zero-order chi connectivity index (χ0) is 26.3. The number of hydrogen-bond acceptors (Lipinski definition) is 7. The largest absolute Gasteiger partial charge is 0.454 e. The first-order valence-electron chi connectivity index (χ1n) is 10.9. The van der Waals surface area contributed by atoms with Crippen LogP contribution in [-0.2, 0) is 0 Å². The quantitative estimate of drug-likeness (QED) is 0.341. The average molecular weight is 531 g/mol. The van der Waals surface area contributed by atoms with E-state index in [4.69, 9.17) is 38.2 Å². The predicted molar refractivity (Wildman–Crippen MR) is 140 cm³/mol. The van der Waals surface area contributed by atoms with Crippen LogP contribution in [0.25, 0.3) is 27.8 Å². The summed E-state index contributed by atoms with van der Waals surface area (Å²) in [5.74, 6) is 0.641. The van der Waals surface area contributed by atoms with Crippen molar-refractivity contribution in [1.29, 1.82) is 5.26 Å². The molecular weight excluding hydrogens is 515 g/mol. The van der Waals surface area contributed by atoms with E-state index in [0.717, 1.165) is 38.1 Å². The number of H-pyrrole nitrogens is 1. The first-order chi connectivity index (χ1) is 17.7. The van der Waals surface area contributed by atoms with E-state index in [0.29, 0.717) is 5.75 Å². The lowest BCUT2D eigenvalue weighted by molar-refractivity contribution is 0.483. The van der Waals surface area contributed by atoms with Gasteiger partial charge in [0.05, 0.1) is 26.9 Å². The third kappa shape index (κ3) is 4.68. The summed E-state index contributed by atoms with van der Waals surface area (Å²) < 4.78 is 6.82. The topological polar surface area (TPSA) is 127 Å². The highest BCUT2D eigenvalue weighted by molar-refractivity contribution is 6.37. The monoisotopic (exact) mass is 530 g/mol. The summed E-state index contributed by atoms with van der Waals surface area (Å²) in [6, 6.07) is 15.8. The zero-order valence-electron chi connectivity index (χ0n) is 19.4. The second kappa shape index (κ2) is 9.50. The Hall–Kier alpha value is -4.52. The van der Waals surface area contributed by atoms with Crippen LogP contribution >= 0.6 is 23.2 Å². The Bertz CT molecular complexity index is 1830. The van der Waals surface area contributed by atoms with Crippen molar-refractivity contribution in [2.75, 3.05) is 0 Å². The average Bonchev–Trinajstić information content (AvgIpc) is 2.87. The minimum Gasteiger partial charge on any atom is -0.454 e. The van der Waals surface area contributed by atoms with Gasteiger partial charge >= 0.3 is 5.69 Å². The fourth-order valence-corrected chi connectivity index (χ4v) is 4.29. The van der Waals surface area contributed by atoms with Gasteiger partial charge in [0.15, 0.2) is 5.75 Å². The van der Waals surface area contributed by atoms with Crippen molar-refractivity contribution in [2.24, 2.45) is 0 Å². The van der Waals surface area contributed by atoms with E-state index >= 15 is 0 Å². The van der Waals surface area contributed by atoms with E-state index < -0.39 is 16.9 Å². The molecule has 0 aliphatic rings. The van der Waals surface area contributed by atoms with Crippen LogP contribution in [0.5, 0.6) is 11.5 Å². The number of hydrogen-bond donors (Lipinski definition) is 1. The summed E-state index contributed by atoms with van der Waals surface area (Å²) in [4.78, 5) is 35.0. The van der Waals surface area contributed by atoms with Gasteiger partial charge in [0.25, 0.3) is 5.56 Å². The predicted octanol–water partition coefficient (Wildman–Crippen LogP) is 5.12. The van der Waals surface area contributed by atoms with Crippen LogP contribution < -0.4 is 16.0 Å². The molecule has 3 heterocycles. The number of pyridine rings is 2. The Morgan fingerprint density at radius 3 is 2.46 bits per heavy atom. The van der Waals surface area contributed by atoms with Crippen LogP contribution in [0.4, 0.5) is 0 Å². The Morgan fingerprint density at radius 1 is 1.03 bits per heavy atom. The van der Waals surface area contributed by atoms with Crippen LogP contribution in [0.15, 0.2) is 64.3 Å². The number of ether oxygens (including phenoxy) is 1. The number of aromatic nitrogens is 5. The van der Waals surface area contributed by atoms with Gasteiger partial charge < -0.3 is 4.74 Å². The third-order valence-corrected chi connectivity index (χ3v) is 6.14. The van der Waals surface area contributed by atoms with E-state index in [1.807, 2.05) is 49.2 Å². The number of nitriles is 1. The summed E-state index contributed by atoms with van der Waals surface area (Å²) >= 11 is 12.9. The van der Waals surface area contributed by atoms with Gasteiger partial charge in [-0.3, -0.25) is 14.8 Å². The Morgan fingerprint density at radius 2 is 1.78 bits per heavy atom. The van der Waals surface area contributed by atoms with Crippen molar-refractivity contribution in [3.8, 4) is 34.5 Å². The number of nitrogens with zero attached hydrogens (tertiary/aromatic N) is 5. The van der Waals surface area contributed by atoms with Gasteiger partial charge in [0.2, 0.25) is 5.69 Å². The molecule has 0 spiro atoms. The molecule has 0 saturated carbocycles. The maximum Gasteiger partial charge on any atom is 0.349 e. The lowest BCUT2D eigenvalue weighted by atomic mass is 10.1. The molecule has 0 aliphatic heterocycles. The molecule has 0 fully saturated rings. The zero-order valence-corrected chi connectivity index (χ0v) is 20.9. The van der Waals surface area contributed by atoms with Crippen molar-refractivity contribution < 1.29 is 4.74 Å². The molecule has 0 amide bonds. The number of nitrogens with one attached hydrogen (secondary N) is 1. The van der Waals surface area contributed by atoms with Crippen LogP contribution in [0.2, 0.25) is 10.0 Å². The van der Waals surface area contributed by atoms with Gasteiger partial charge in [-0.1, -0.05) is 23.2 Å². The van der Waals surface area contributed by atoms with Crippen molar-refractivity contribution in [3.63, 3.8) is 0 Å². The highest BCUT2D eigenvalue weighted by atomic mass is 35.5. The van der Waals surface area contributed by atoms with Crippen molar-refractivity contribution >= 4 is 34.1 Å². The first kappa shape index (κ1) is 24.2. The molecule has 37 heavy (non-hydrogen) atoms. The van der Waals surface area contributed by atoms with E-state index in [9.17, 15) is 9.59 Å². The highest BCUT2D eigenvalue weighted by Crippen LogP contribution is 2.39. The van der Waals surface area contributed by atoms with E-state index in [-0.39, 0.29) is 21.5 Å². The molecule has 5 aromatic rings. The second-order valence-corrected chi connectivity index (χ2v) is 8.98. The van der Waals surface area contributed by atoms with Crippen LogP contribution in [-0.4, -0.2) is 24.7 Å². The lowest BCUT2D eigenvalue weighted by Crippen LogP contribution is -2.33. The van der Waals surface area contributed by atoms with Crippen molar-refractivity contribution in [2.45, 2.75) is 13.8 Å². The van der Waals surface area contributed by atoms with E-state index in [2.05, 4.69) is 10.1 Å². The molecule has 0 bridgehead atoms. The normalized spacial score (nSPS) is 10.9. The van der Waals surface area contributed by atoms with Gasteiger partial charge in [-0.25, -0.2) is 9.78 Å². The number of halogens is 2. The molecule has 2 aromatic carbocycles. The first-order valence-corrected chi connectivity index (χ1v) is 11.6. The second-order valence-electron chi connectivity index (χ2n) is 8.16. The lowest BCUT2D eigenvalue weighted by Gasteiger charge is -2.13. The summed E-state index contributed by atoms with van der Waals surface area (Å²) in [6.45, 7) is 3.92. The summed E-state index contributed by atoms with van der Waals surface area (Å²) in [7, 11) is 0. The number of rotatable bonds is 4. The summed E-state index contributed by atoms with van der Waals surface area (Å²) in [6.07, 6.45) is 1.80. The number of aryl methyl sites for hydroxylation is 2. The van der Waals surface area contributed by atoms with Crippen LogP contribution in [0.3, 0.4) is 0 Å². The molecule has 0 radical (unpaired) electrons. The Balaban J connectivity index is 1.49. The maximum atomic E-state index is 12.2. The Labute approximate surface area is 219 Å². The standard InChI is InChI=1S/C26H16Cl2N6O3/c1-13-7-22(15-4-3-14(2)30-12-15)31-21-6-5-17(10-18(13)21)37-24-19(27)8-16(9-20(24)28)34-26(36)32-25(35)23(11-29)33-34/h3-10,12H,1-2H3,(H,32,35,36). The molecule has 0 unspecified atom stereocenters. The summed E-state index contributed by atoms with van der Waals surface area (Å²) in [5, 5.41) is 13.9. The molecule has 5 rings (SSSR count). The van der Waals surface area contributed by atoms with Crippen LogP contribution in [0, 0.1) is 25.2 Å². The van der Waals surface area contributed by atoms with Gasteiger partial charge in [-0.15, -0.1) is 5.10 Å². The number of fused-ring (bicyclic) bond motifs is 1. The van der Waals surface area contributed by atoms with Crippen molar-refractivity contribution in [1.82, 2.24) is 24.7 Å². The fraction of sp³-hybridized carbons (Fsp3) is 0.0769. The molecular formula is C26H16Cl2N6O3. The minimum absolute atomic E-state index is 0.0954. The van der Waals surface area contributed by atoms with E-state index in [1.54, 1.807) is 18.3 Å². The molecule has 3 aromatic heterocycles. The molecule has 0 aliphatic carbocycles. The van der Waals surface area contributed by atoms with Gasteiger partial charge in [0, 0.05) is 22.8 Å². The van der Waals surface area contributed by atoms with E-state index in [1.165, 1.54) is 12.1 Å². The minimum atomic E-state index is -0.885. The SMILES string of the molecule is Cc1ccc(-c2cc(C)c3cc(Oc4c(Cl)cc(-n5nc(C#N)c(=O)[nH]c5=O)cc4Cl)ccc3n2)cn1. The van der Waals surface area contributed by atoms with Crippen LogP contribution in [0.1, 0.15) is 17.0 Å². The molecule has 11 heteroatoms. The van der Waals surface area contributed by atoms with Crippen molar-refractivity contribution in [3.05, 3.63) is 103 Å². The van der Waals surface area contributed by atoms with Gasteiger partial charge in [0.1, 0.15) is 11.8 Å². The molecule has 9 nitrogen and oxygen atoms in total. The molecule has 0 saturated heterocycles. The molecule has 182 valence electrons. The number of benzene rings is 2. The maximum absolute atomic E-state index is 12.2. The smallest absolute Gasteiger partial charge is 0.349 e.